The highest BCUT2D eigenvalue weighted by Crippen LogP contribution is 2.29. The molecule has 1 heterocycles. The van der Waals surface area contributed by atoms with E-state index in [1.807, 2.05) is 6.07 Å². The number of rotatable bonds is 0. The molecule has 0 atom stereocenters. The topological polar surface area (TPSA) is 36.9 Å². The Bertz CT molecular complexity index is 507. The van der Waals surface area contributed by atoms with Crippen LogP contribution in [0.1, 0.15) is 11.3 Å². The first-order valence-corrected chi connectivity index (χ1v) is 4.19. The van der Waals surface area contributed by atoms with E-state index < -0.39 is 0 Å². The van der Waals surface area contributed by atoms with Gasteiger partial charge >= 0.3 is 0 Å². The van der Waals surface area contributed by atoms with Gasteiger partial charge in [-0.25, -0.2) is 0 Å². The molecule has 0 saturated carbocycles. The Labute approximate surface area is 80.3 Å². The molecule has 0 saturated heterocycles. The Morgan fingerprint density at radius 3 is 2.92 bits per heavy atom. The van der Waals surface area contributed by atoms with E-state index in [4.69, 9.17) is 21.3 Å². The molecule has 0 aliphatic carbocycles. The molecular formula is C10H6ClNO. The fraction of sp³-hybridized carbons (Fsp3) is 0.100. The molecule has 1 aromatic heterocycles. The summed E-state index contributed by atoms with van der Waals surface area (Å²) in [7, 11) is 0. The summed E-state index contributed by atoms with van der Waals surface area (Å²) in [5.41, 5.74) is 1.16. The van der Waals surface area contributed by atoms with Crippen molar-refractivity contribution in [2.24, 2.45) is 0 Å². The van der Waals surface area contributed by atoms with Crippen molar-refractivity contribution >= 4 is 22.6 Å². The zero-order valence-corrected chi connectivity index (χ0v) is 7.72. The Balaban J connectivity index is 2.96. The average Bonchev–Trinajstić information content (AvgIpc) is 2.43. The van der Waals surface area contributed by atoms with Gasteiger partial charge in [0.05, 0.1) is 5.02 Å². The highest BCUT2D eigenvalue weighted by molar-refractivity contribution is 6.35. The lowest BCUT2D eigenvalue weighted by Gasteiger charge is -1.89. The van der Waals surface area contributed by atoms with Gasteiger partial charge in [0.25, 0.3) is 0 Å². The summed E-state index contributed by atoms with van der Waals surface area (Å²) in [4.78, 5) is 0. The van der Waals surface area contributed by atoms with E-state index in [0.29, 0.717) is 21.9 Å². The largest absolute Gasteiger partial charge is 0.458 e. The molecule has 0 aliphatic rings. The number of benzene rings is 1. The number of hydrogen-bond acceptors (Lipinski definition) is 2. The van der Waals surface area contributed by atoms with E-state index in [1.165, 1.54) is 0 Å². The first-order valence-electron chi connectivity index (χ1n) is 3.81. The second-order valence-corrected chi connectivity index (χ2v) is 3.17. The first kappa shape index (κ1) is 8.15. The van der Waals surface area contributed by atoms with Crippen LogP contribution in [0.15, 0.2) is 22.6 Å². The molecule has 0 N–H and O–H groups in total. The van der Waals surface area contributed by atoms with Crippen LogP contribution < -0.4 is 0 Å². The summed E-state index contributed by atoms with van der Waals surface area (Å²) in [5, 5.41) is 10.2. The third-order valence-electron chi connectivity index (χ3n) is 1.96. The van der Waals surface area contributed by atoms with Gasteiger partial charge in [-0.3, -0.25) is 0 Å². The number of nitriles is 1. The van der Waals surface area contributed by atoms with E-state index in [-0.39, 0.29) is 0 Å². The van der Waals surface area contributed by atoms with Crippen molar-refractivity contribution in [1.29, 1.82) is 5.26 Å². The zero-order valence-electron chi connectivity index (χ0n) is 6.97. The average molecular weight is 192 g/mol. The Morgan fingerprint density at radius 2 is 2.23 bits per heavy atom. The molecule has 0 aliphatic heterocycles. The van der Waals surface area contributed by atoms with Gasteiger partial charge in [0, 0.05) is 5.39 Å². The predicted molar refractivity (Wildman–Crippen MR) is 50.7 cm³/mol. The lowest BCUT2D eigenvalue weighted by Crippen LogP contribution is -1.72. The number of para-hydroxylation sites is 1. The number of hydrogen-bond donors (Lipinski definition) is 0. The van der Waals surface area contributed by atoms with Gasteiger partial charge in [0.15, 0.2) is 5.58 Å². The fourth-order valence-electron chi connectivity index (χ4n) is 1.34. The maximum atomic E-state index is 8.84. The number of fused-ring (bicyclic) bond motifs is 1. The highest BCUT2D eigenvalue weighted by atomic mass is 35.5. The molecule has 0 amide bonds. The van der Waals surface area contributed by atoms with Crippen molar-refractivity contribution in [3.05, 3.63) is 34.5 Å². The van der Waals surface area contributed by atoms with Gasteiger partial charge in [-0.05, 0) is 19.1 Å². The smallest absolute Gasteiger partial charge is 0.154 e. The summed E-state index contributed by atoms with van der Waals surface area (Å²) < 4.78 is 5.37. The minimum atomic E-state index is 0.544. The number of furan rings is 1. The van der Waals surface area contributed by atoms with E-state index >= 15 is 0 Å². The van der Waals surface area contributed by atoms with Crippen molar-refractivity contribution < 1.29 is 4.42 Å². The van der Waals surface area contributed by atoms with Crippen LogP contribution in [0.25, 0.3) is 11.0 Å². The molecule has 0 bridgehead atoms. The second-order valence-electron chi connectivity index (χ2n) is 2.76. The molecule has 64 valence electrons. The lowest BCUT2D eigenvalue weighted by molar-refractivity contribution is 0.577. The monoisotopic (exact) mass is 191 g/mol. The van der Waals surface area contributed by atoms with Crippen LogP contribution >= 0.6 is 11.6 Å². The number of aryl methyl sites for hydroxylation is 1. The van der Waals surface area contributed by atoms with Crippen LogP contribution in [0.4, 0.5) is 0 Å². The summed E-state index contributed by atoms with van der Waals surface area (Å²) in [6, 6.07) is 7.47. The van der Waals surface area contributed by atoms with E-state index in [1.54, 1.807) is 19.1 Å². The summed E-state index contributed by atoms with van der Waals surface area (Å²) in [5.74, 6) is 0.616. The molecule has 0 spiro atoms. The van der Waals surface area contributed by atoms with Gasteiger partial charge in [0.1, 0.15) is 17.4 Å². The van der Waals surface area contributed by atoms with Crippen LogP contribution in [0.3, 0.4) is 0 Å². The van der Waals surface area contributed by atoms with Crippen LogP contribution in [-0.4, -0.2) is 0 Å². The summed E-state index contributed by atoms with van der Waals surface area (Å²) >= 11 is 5.90. The molecule has 0 unspecified atom stereocenters. The van der Waals surface area contributed by atoms with Gasteiger partial charge in [0.2, 0.25) is 0 Å². The number of nitrogens with zero attached hydrogens (tertiary/aromatic N) is 1. The van der Waals surface area contributed by atoms with Gasteiger partial charge in [-0.2, -0.15) is 5.26 Å². The third kappa shape index (κ3) is 1.09. The molecule has 2 nitrogen and oxygen atoms in total. The van der Waals surface area contributed by atoms with Crippen LogP contribution in [0, 0.1) is 18.3 Å². The summed E-state index contributed by atoms with van der Waals surface area (Å²) in [6.07, 6.45) is 0. The zero-order chi connectivity index (χ0) is 9.42. The Kier molecular flexibility index (Phi) is 1.75. The normalized spacial score (nSPS) is 10.2. The minimum Gasteiger partial charge on any atom is -0.458 e. The molecule has 2 rings (SSSR count). The molecule has 13 heavy (non-hydrogen) atoms. The van der Waals surface area contributed by atoms with Crippen molar-refractivity contribution in [3.8, 4) is 6.07 Å². The third-order valence-corrected chi connectivity index (χ3v) is 2.25. The molecule has 0 fully saturated rings. The SMILES string of the molecule is Cc1oc2c(Cl)cccc2c1C#N. The van der Waals surface area contributed by atoms with E-state index in [2.05, 4.69) is 6.07 Å². The van der Waals surface area contributed by atoms with Crippen molar-refractivity contribution in [2.75, 3.05) is 0 Å². The van der Waals surface area contributed by atoms with Gasteiger partial charge < -0.3 is 4.42 Å². The maximum absolute atomic E-state index is 8.84. The second kappa shape index (κ2) is 2.79. The van der Waals surface area contributed by atoms with Crippen molar-refractivity contribution in [2.45, 2.75) is 6.92 Å². The van der Waals surface area contributed by atoms with Crippen molar-refractivity contribution in [1.82, 2.24) is 0 Å². The highest BCUT2D eigenvalue weighted by Gasteiger charge is 2.11. The predicted octanol–water partition coefficient (Wildman–Crippen LogP) is 3.27. The summed E-state index contributed by atoms with van der Waals surface area (Å²) in [6.45, 7) is 1.76. The Hall–Kier alpha value is -1.46. The van der Waals surface area contributed by atoms with Crippen LogP contribution in [0.2, 0.25) is 5.02 Å². The van der Waals surface area contributed by atoms with E-state index in [0.717, 1.165) is 5.39 Å². The molecular weight excluding hydrogens is 186 g/mol. The molecule has 3 heteroatoms. The van der Waals surface area contributed by atoms with Gasteiger partial charge in [-0.15, -0.1) is 0 Å². The lowest BCUT2D eigenvalue weighted by atomic mass is 10.1. The maximum Gasteiger partial charge on any atom is 0.154 e. The minimum absolute atomic E-state index is 0.544. The standard InChI is InChI=1S/C10H6ClNO/c1-6-8(5-12)7-3-2-4-9(11)10(7)13-6/h2-4H,1H3. The Morgan fingerprint density at radius 1 is 1.46 bits per heavy atom. The quantitative estimate of drug-likeness (QED) is 0.641. The van der Waals surface area contributed by atoms with E-state index in [9.17, 15) is 0 Å². The molecule has 0 radical (unpaired) electrons. The van der Waals surface area contributed by atoms with Gasteiger partial charge in [-0.1, -0.05) is 17.7 Å². The first-order chi connectivity index (χ1) is 6.24. The fourth-order valence-corrected chi connectivity index (χ4v) is 1.56. The molecule has 1 aromatic carbocycles. The van der Waals surface area contributed by atoms with Crippen molar-refractivity contribution in [3.63, 3.8) is 0 Å². The number of halogens is 1. The van der Waals surface area contributed by atoms with Crippen LogP contribution in [-0.2, 0) is 0 Å². The molecule has 2 aromatic rings. The van der Waals surface area contributed by atoms with Crippen LogP contribution in [0.5, 0.6) is 0 Å².